The minimum atomic E-state index is 0.341. The van der Waals surface area contributed by atoms with Gasteiger partial charge in [0.2, 0.25) is 0 Å². The Balaban J connectivity index is 2.50. The predicted molar refractivity (Wildman–Crippen MR) is 63.3 cm³/mol. The highest BCUT2D eigenvalue weighted by Crippen LogP contribution is 2.25. The molecule has 1 atom stereocenters. The van der Waals surface area contributed by atoms with E-state index in [1.165, 1.54) is 29.7 Å². The number of nitrogens with two attached hydrogens (primary N) is 1. The van der Waals surface area contributed by atoms with Gasteiger partial charge in [-0.3, -0.25) is 11.3 Å². The third-order valence-electron chi connectivity index (χ3n) is 2.57. The lowest BCUT2D eigenvalue weighted by Crippen LogP contribution is -2.28. The lowest BCUT2D eigenvalue weighted by molar-refractivity contribution is 0.486. The first-order valence-electron chi connectivity index (χ1n) is 5.29. The summed E-state index contributed by atoms with van der Waals surface area (Å²) in [6, 6.07) is 2.52. The standard InChI is InChI=1S/C11H20N2S/c1-3-4-5-6-11(13-12)10-7-8-14-9(10)2/h7-8,11,13H,3-6,12H2,1-2H3. The highest BCUT2D eigenvalue weighted by Gasteiger charge is 2.11. The van der Waals surface area contributed by atoms with Crippen molar-refractivity contribution in [1.82, 2.24) is 5.43 Å². The maximum absolute atomic E-state index is 5.57. The Bertz CT molecular complexity index is 258. The highest BCUT2D eigenvalue weighted by atomic mass is 32.1. The Hall–Kier alpha value is -0.380. The second-order valence-corrected chi connectivity index (χ2v) is 4.77. The third-order valence-corrected chi connectivity index (χ3v) is 3.43. The van der Waals surface area contributed by atoms with Crippen LogP contribution >= 0.6 is 11.3 Å². The Morgan fingerprint density at radius 1 is 1.50 bits per heavy atom. The smallest absolute Gasteiger partial charge is 0.0470 e. The van der Waals surface area contributed by atoms with Gasteiger partial charge in [0.25, 0.3) is 0 Å². The van der Waals surface area contributed by atoms with Gasteiger partial charge in [-0.1, -0.05) is 26.2 Å². The molecule has 0 saturated carbocycles. The van der Waals surface area contributed by atoms with Crippen LogP contribution in [0.4, 0.5) is 0 Å². The predicted octanol–water partition coefficient (Wildman–Crippen LogP) is 3.14. The molecule has 1 rings (SSSR count). The quantitative estimate of drug-likeness (QED) is 0.432. The van der Waals surface area contributed by atoms with Crippen LogP contribution in [0, 0.1) is 6.92 Å². The number of thiophene rings is 1. The first-order chi connectivity index (χ1) is 6.79. The van der Waals surface area contributed by atoms with Gasteiger partial charge >= 0.3 is 0 Å². The van der Waals surface area contributed by atoms with Gasteiger partial charge in [0, 0.05) is 10.9 Å². The van der Waals surface area contributed by atoms with Gasteiger partial charge in [-0.05, 0) is 30.4 Å². The van der Waals surface area contributed by atoms with Crippen LogP contribution in [0.3, 0.4) is 0 Å². The van der Waals surface area contributed by atoms with Crippen LogP contribution in [0.5, 0.6) is 0 Å². The van der Waals surface area contributed by atoms with Crippen LogP contribution in [-0.2, 0) is 0 Å². The van der Waals surface area contributed by atoms with Crippen molar-refractivity contribution in [3.63, 3.8) is 0 Å². The van der Waals surface area contributed by atoms with Crippen molar-refractivity contribution in [2.75, 3.05) is 0 Å². The molecule has 0 aliphatic heterocycles. The van der Waals surface area contributed by atoms with Crippen molar-refractivity contribution in [2.45, 2.75) is 45.6 Å². The van der Waals surface area contributed by atoms with Gasteiger partial charge in [0.05, 0.1) is 0 Å². The zero-order valence-electron chi connectivity index (χ0n) is 9.05. The lowest BCUT2D eigenvalue weighted by Gasteiger charge is -2.15. The van der Waals surface area contributed by atoms with E-state index in [0.717, 1.165) is 6.42 Å². The second kappa shape index (κ2) is 6.17. The van der Waals surface area contributed by atoms with Gasteiger partial charge in [-0.2, -0.15) is 0 Å². The van der Waals surface area contributed by atoms with E-state index >= 15 is 0 Å². The van der Waals surface area contributed by atoms with Gasteiger partial charge < -0.3 is 0 Å². The molecule has 0 saturated heterocycles. The van der Waals surface area contributed by atoms with Gasteiger partial charge in [0.15, 0.2) is 0 Å². The molecule has 0 radical (unpaired) electrons. The topological polar surface area (TPSA) is 38.0 Å². The average molecular weight is 212 g/mol. The van der Waals surface area contributed by atoms with E-state index in [1.54, 1.807) is 11.3 Å². The molecule has 1 unspecified atom stereocenters. The molecule has 1 aromatic heterocycles. The molecule has 0 aliphatic carbocycles. The summed E-state index contributed by atoms with van der Waals surface area (Å²) in [4.78, 5) is 1.38. The molecule has 0 aliphatic rings. The molecule has 0 aromatic carbocycles. The maximum Gasteiger partial charge on any atom is 0.0470 e. The SMILES string of the molecule is CCCCCC(NN)c1ccsc1C. The fraction of sp³-hybridized carbons (Fsp3) is 0.636. The van der Waals surface area contributed by atoms with Gasteiger partial charge in [0.1, 0.15) is 0 Å². The second-order valence-electron chi connectivity index (χ2n) is 3.65. The Morgan fingerprint density at radius 3 is 2.79 bits per heavy atom. The number of hydrogen-bond donors (Lipinski definition) is 2. The molecular weight excluding hydrogens is 192 g/mol. The molecule has 1 heterocycles. The molecule has 1 aromatic rings. The molecule has 80 valence electrons. The Labute approximate surface area is 90.5 Å². The van der Waals surface area contributed by atoms with E-state index in [1.807, 2.05) is 0 Å². The van der Waals surface area contributed by atoms with E-state index in [2.05, 4.69) is 30.7 Å². The fourth-order valence-corrected chi connectivity index (χ4v) is 2.45. The fourth-order valence-electron chi connectivity index (χ4n) is 1.68. The first kappa shape index (κ1) is 11.7. The number of unbranched alkanes of at least 4 members (excludes halogenated alkanes) is 2. The minimum absolute atomic E-state index is 0.341. The molecule has 0 fully saturated rings. The van der Waals surface area contributed by atoms with Crippen LogP contribution in [-0.4, -0.2) is 0 Å². The summed E-state index contributed by atoms with van der Waals surface area (Å²) in [6.07, 6.45) is 4.95. The van der Waals surface area contributed by atoms with Crippen LogP contribution in [0.15, 0.2) is 11.4 Å². The zero-order valence-corrected chi connectivity index (χ0v) is 9.86. The molecule has 0 spiro atoms. The summed E-state index contributed by atoms with van der Waals surface area (Å²) in [6.45, 7) is 4.38. The average Bonchev–Trinajstić information content (AvgIpc) is 2.60. The molecule has 14 heavy (non-hydrogen) atoms. The summed E-state index contributed by atoms with van der Waals surface area (Å²) in [5.74, 6) is 5.57. The summed E-state index contributed by atoms with van der Waals surface area (Å²) in [7, 11) is 0. The highest BCUT2D eigenvalue weighted by molar-refractivity contribution is 7.10. The van der Waals surface area contributed by atoms with E-state index in [0.29, 0.717) is 6.04 Å². The first-order valence-corrected chi connectivity index (χ1v) is 6.17. The van der Waals surface area contributed by atoms with Crippen LogP contribution in [0.1, 0.15) is 49.1 Å². The Morgan fingerprint density at radius 2 is 2.29 bits per heavy atom. The molecule has 3 heteroatoms. The van der Waals surface area contributed by atoms with E-state index in [4.69, 9.17) is 5.84 Å². The number of nitrogens with one attached hydrogen (secondary N) is 1. The summed E-state index contributed by atoms with van der Waals surface area (Å²) < 4.78 is 0. The van der Waals surface area contributed by atoms with Gasteiger partial charge in [-0.15, -0.1) is 11.3 Å². The van der Waals surface area contributed by atoms with Crippen LogP contribution < -0.4 is 11.3 Å². The minimum Gasteiger partial charge on any atom is -0.271 e. The summed E-state index contributed by atoms with van der Waals surface area (Å²) >= 11 is 1.79. The summed E-state index contributed by atoms with van der Waals surface area (Å²) in [5.41, 5.74) is 4.28. The molecule has 0 bridgehead atoms. The number of aryl methyl sites for hydroxylation is 1. The number of rotatable bonds is 6. The third kappa shape index (κ3) is 3.08. The van der Waals surface area contributed by atoms with Crippen LogP contribution in [0.2, 0.25) is 0 Å². The molecule has 3 N–H and O–H groups in total. The molecule has 2 nitrogen and oxygen atoms in total. The summed E-state index contributed by atoms with van der Waals surface area (Å²) in [5, 5.41) is 2.13. The van der Waals surface area contributed by atoms with Crippen molar-refractivity contribution in [2.24, 2.45) is 5.84 Å². The monoisotopic (exact) mass is 212 g/mol. The normalized spacial score (nSPS) is 13.1. The van der Waals surface area contributed by atoms with Crippen molar-refractivity contribution in [3.8, 4) is 0 Å². The van der Waals surface area contributed by atoms with E-state index in [-0.39, 0.29) is 0 Å². The number of hydrazine groups is 1. The van der Waals surface area contributed by atoms with Gasteiger partial charge in [-0.25, -0.2) is 0 Å². The van der Waals surface area contributed by atoms with Crippen molar-refractivity contribution >= 4 is 11.3 Å². The zero-order chi connectivity index (χ0) is 10.4. The Kier molecular flexibility index (Phi) is 5.15. The van der Waals surface area contributed by atoms with Crippen molar-refractivity contribution < 1.29 is 0 Å². The van der Waals surface area contributed by atoms with E-state index in [9.17, 15) is 0 Å². The van der Waals surface area contributed by atoms with Crippen molar-refractivity contribution in [3.05, 3.63) is 21.9 Å². The largest absolute Gasteiger partial charge is 0.271 e. The van der Waals surface area contributed by atoms with Crippen molar-refractivity contribution in [1.29, 1.82) is 0 Å². The number of hydrogen-bond acceptors (Lipinski definition) is 3. The van der Waals surface area contributed by atoms with Crippen LogP contribution in [0.25, 0.3) is 0 Å². The lowest BCUT2D eigenvalue weighted by atomic mass is 10.0. The molecule has 0 amide bonds. The van der Waals surface area contributed by atoms with E-state index < -0.39 is 0 Å². The molecular formula is C11H20N2S. The maximum atomic E-state index is 5.57.